The molecule has 232 valence electrons. The van der Waals surface area contributed by atoms with Crippen LogP contribution in [0.5, 0.6) is 0 Å². The summed E-state index contributed by atoms with van der Waals surface area (Å²) < 4.78 is 5.44. The van der Waals surface area contributed by atoms with E-state index in [0.717, 1.165) is 12.8 Å². The van der Waals surface area contributed by atoms with Crippen LogP contribution in [0.15, 0.2) is 0 Å². The van der Waals surface area contributed by atoms with E-state index in [1.54, 1.807) is 0 Å². The second-order valence-electron chi connectivity index (χ2n) is 12.2. The summed E-state index contributed by atoms with van der Waals surface area (Å²) in [4.78, 5) is 11.9. The summed E-state index contributed by atoms with van der Waals surface area (Å²) in [6.45, 7) is 5.22. The average molecular weight is 579 g/mol. The fourth-order valence-corrected chi connectivity index (χ4v) is 5.55. The van der Waals surface area contributed by atoms with Gasteiger partial charge in [-0.05, 0) is 12.8 Å². The molecule has 2 nitrogen and oxygen atoms in total. The molecule has 0 saturated carbocycles. The zero-order valence-electron chi connectivity index (χ0n) is 29.4. The normalized spacial score (nSPS) is 11.0. The maximum atomic E-state index is 11.9. The van der Waals surface area contributed by atoms with E-state index in [-0.39, 0.29) is 46.6 Å². The average Bonchev–Trinajstić information content (AvgIpc) is 2.92. The SMILES string of the molecule is CCCCCCCCCCCCCCCCCCOC(=O)CCCCCCCCCCCCCCCCC.[Ca+2].[H-].[H-]. The molecule has 0 amide bonds. The van der Waals surface area contributed by atoms with Gasteiger partial charge in [0.15, 0.2) is 0 Å². The molecule has 0 aliphatic carbocycles. The van der Waals surface area contributed by atoms with Gasteiger partial charge < -0.3 is 7.59 Å². The van der Waals surface area contributed by atoms with Crippen LogP contribution >= 0.6 is 0 Å². The predicted octanol–water partition coefficient (Wildman–Crippen LogP) is 12.9. The maximum Gasteiger partial charge on any atom is 2.00 e. The third-order valence-corrected chi connectivity index (χ3v) is 8.25. The summed E-state index contributed by atoms with van der Waals surface area (Å²) in [6, 6.07) is 0. The first-order valence-electron chi connectivity index (χ1n) is 18.0. The van der Waals surface area contributed by atoms with E-state index in [1.807, 2.05) is 0 Å². The number of rotatable bonds is 33. The van der Waals surface area contributed by atoms with Gasteiger partial charge in [-0.2, -0.15) is 0 Å². The minimum atomic E-state index is 0. The molecule has 0 aromatic heterocycles. The van der Waals surface area contributed by atoms with Gasteiger partial charge >= 0.3 is 43.7 Å². The van der Waals surface area contributed by atoms with Crippen molar-refractivity contribution < 1.29 is 12.4 Å². The van der Waals surface area contributed by atoms with Crippen LogP contribution in [0.4, 0.5) is 0 Å². The van der Waals surface area contributed by atoms with Gasteiger partial charge in [-0.15, -0.1) is 0 Å². The van der Waals surface area contributed by atoms with E-state index in [4.69, 9.17) is 4.74 Å². The Morgan fingerprint density at radius 3 is 0.897 bits per heavy atom. The van der Waals surface area contributed by atoms with Crippen molar-refractivity contribution in [2.75, 3.05) is 6.61 Å². The number of unbranched alkanes of at least 4 members (excludes halogenated alkanes) is 29. The number of carbonyl (C=O) groups excluding carboxylic acids is 1. The Morgan fingerprint density at radius 1 is 0.385 bits per heavy atom. The Kier molecular flexibility index (Phi) is 41.6. The molecule has 0 N–H and O–H groups in total. The Labute approximate surface area is 280 Å². The van der Waals surface area contributed by atoms with Gasteiger partial charge in [0.2, 0.25) is 0 Å². The van der Waals surface area contributed by atoms with Crippen molar-refractivity contribution in [3.63, 3.8) is 0 Å². The molecule has 0 saturated heterocycles. The van der Waals surface area contributed by atoms with E-state index < -0.39 is 0 Å². The topological polar surface area (TPSA) is 26.3 Å². The number of ether oxygens (including phenoxy) is 1. The van der Waals surface area contributed by atoms with Crippen molar-refractivity contribution in [1.82, 2.24) is 0 Å². The second-order valence-corrected chi connectivity index (χ2v) is 12.2. The molecule has 0 spiro atoms. The van der Waals surface area contributed by atoms with E-state index >= 15 is 0 Å². The van der Waals surface area contributed by atoms with Crippen LogP contribution in [0.2, 0.25) is 0 Å². The molecule has 0 unspecified atom stereocenters. The third kappa shape index (κ3) is 38.7. The molecule has 0 heterocycles. The zero-order valence-corrected chi connectivity index (χ0v) is 29.6. The Balaban J connectivity index is -0.00000228. The van der Waals surface area contributed by atoms with Crippen molar-refractivity contribution >= 4 is 43.7 Å². The summed E-state index contributed by atoms with van der Waals surface area (Å²) in [7, 11) is 0. The molecule has 0 bridgehead atoms. The van der Waals surface area contributed by atoms with Crippen LogP contribution in [0, 0.1) is 0 Å². The van der Waals surface area contributed by atoms with Gasteiger partial charge in [0.1, 0.15) is 0 Å². The fourth-order valence-electron chi connectivity index (χ4n) is 5.55. The second kappa shape index (κ2) is 38.7. The van der Waals surface area contributed by atoms with Crippen LogP contribution in [-0.4, -0.2) is 50.3 Å². The van der Waals surface area contributed by atoms with E-state index in [0.29, 0.717) is 13.0 Å². The van der Waals surface area contributed by atoms with Crippen LogP contribution in [0.1, 0.15) is 222 Å². The molecule has 0 aromatic rings. The summed E-state index contributed by atoms with van der Waals surface area (Å²) in [5, 5.41) is 0. The molecule has 39 heavy (non-hydrogen) atoms. The molecule has 0 aliphatic heterocycles. The number of hydrogen-bond acceptors (Lipinski definition) is 2. The number of hydrogen-bond donors (Lipinski definition) is 0. The van der Waals surface area contributed by atoms with E-state index in [2.05, 4.69) is 13.8 Å². The Morgan fingerprint density at radius 2 is 0.615 bits per heavy atom. The van der Waals surface area contributed by atoms with Crippen molar-refractivity contribution in [2.45, 2.75) is 219 Å². The van der Waals surface area contributed by atoms with Gasteiger partial charge in [0.25, 0.3) is 0 Å². The molecule has 3 heteroatoms. The van der Waals surface area contributed by atoms with Gasteiger partial charge in [0.05, 0.1) is 6.61 Å². The minimum absolute atomic E-state index is 0. The summed E-state index contributed by atoms with van der Waals surface area (Å²) in [6.07, 6.45) is 43.1. The van der Waals surface area contributed by atoms with Crippen LogP contribution < -0.4 is 0 Å². The molecular formula is C36H74CaO2. The number of esters is 1. The molecule has 0 aromatic carbocycles. The molecule has 0 aliphatic rings. The van der Waals surface area contributed by atoms with Crippen LogP contribution in [-0.2, 0) is 9.53 Å². The maximum absolute atomic E-state index is 11.9. The third-order valence-electron chi connectivity index (χ3n) is 8.25. The summed E-state index contributed by atoms with van der Waals surface area (Å²) >= 11 is 0. The standard InChI is InChI=1S/C36H72O2.Ca.2H/c1-3-5-7-9-11-13-15-17-19-21-23-25-27-29-31-33-35-38-36(37)34-32-30-28-26-24-22-20-18-16-14-12-10-8-6-4-2;;;/h3-35H2,1-2H3;;;/q;+2;2*-1. The van der Waals surface area contributed by atoms with Crippen molar-refractivity contribution in [3.8, 4) is 0 Å². The van der Waals surface area contributed by atoms with E-state index in [1.165, 1.54) is 186 Å². The van der Waals surface area contributed by atoms with Crippen molar-refractivity contribution in [1.29, 1.82) is 0 Å². The van der Waals surface area contributed by atoms with Crippen LogP contribution in [0.25, 0.3) is 0 Å². The molecule has 0 radical (unpaired) electrons. The van der Waals surface area contributed by atoms with Gasteiger partial charge in [0, 0.05) is 6.42 Å². The fraction of sp³-hybridized carbons (Fsp3) is 0.972. The predicted molar refractivity (Wildman–Crippen MR) is 178 cm³/mol. The van der Waals surface area contributed by atoms with Gasteiger partial charge in [-0.3, -0.25) is 4.79 Å². The molecular weight excluding hydrogens is 504 g/mol. The molecule has 0 fully saturated rings. The Bertz CT molecular complexity index is 451. The first kappa shape index (κ1) is 41.9. The summed E-state index contributed by atoms with van der Waals surface area (Å²) in [5.41, 5.74) is 0. The largest absolute Gasteiger partial charge is 2.00 e. The van der Waals surface area contributed by atoms with E-state index in [9.17, 15) is 4.79 Å². The molecule has 0 atom stereocenters. The first-order chi connectivity index (χ1) is 18.8. The smallest absolute Gasteiger partial charge is 1.00 e. The van der Waals surface area contributed by atoms with Gasteiger partial charge in [-0.1, -0.05) is 200 Å². The first-order valence-corrected chi connectivity index (χ1v) is 18.0. The van der Waals surface area contributed by atoms with Crippen molar-refractivity contribution in [2.24, 2.45) is 0 Å². The Hall–Kier alpha value is 0.730. The van der Waals surface area contributed by atoms with Crippen LogP contribution in [0.3, 0.4) is 0 Å². The monoisotopic (exact) mass is 579 g/mol. The molecule has 0 rings (SSSR count). The summed E-state index contributed by atoms with van der Waals surface area (Å²) in [5.74, 6) is 0.0284. The quantitative estimate of drug-likeness (QED) is 0.0440. The number of carbonyl (C=O) groups is 1. The van der Waals surface area contributed by atoms with Gasteiger partial charge in [-0.25, -0.2) is 0 Å². The minimum Gasteiger partial charge on any atom is -1.00 e. The zero-order chi connectivity index (χ0) is 27.6. The van der Waals surface area contributed by atoms with Crippen molar-refractivity contribution in [3.05, 3.63) is 0 Å².